The normalized spacial score (nSPS) is 10.3. The van der Waals surface area contributed by atoms with Gasteiger partial charge in [0.25, 0.3) is 5.91 Å². The third-order valence-corrected chi connectivity index (χ3v) is 3.63. The lowest BCUT2D eigenvalue weighted by atomic mass is 10.3. The Bertz CT molecular complexity index is 568. The molecule has 0 radical (unpaired) electrons. The highest BCUT2D eigenvalue weighted by atomic mass is 127. The van der Waals surface area contributed by atoms with E-state index < -0.39 is 0 Å². The van der Waals surface area contributed by atoms with Crippen LogP contribution < -0.4 is 5.32 Å². The van der Waals surface area contributed by atoms with E-state index in [9.17, 15) is 4.79 Å². The Morgan fingerprint density at radius 2 is 2.18 bits per heavy atom. The first-order chi connectivity index (χ1) is 8.06. The second-order valence-electron chi connectivity index (χ2n) is 3.32. The van der Waals surface area contributed by atoms with Gasteiger partial charge in [-0.15, -0.1) is 0 Å². The summed E-state index contributed by atoms with van der Waals surface area (Å²) in [6.45, 7) is 1.89. The summed E-state index contributed by atoms with van der Waals surface area (Å²) < 4.78 is 6.73. The fourth-order valence-corrected chi connectivity index (χ4v) is 1.83. The molecule has 0 bridgehead atoms. The second-order valence-corrected chi connectivity index (χ2v) is 5.27. The molecule has 17 heavy (non-hydrogen) atoms. The highest BCUT2D eigenvalue weighted by molar-refractivity contribution is 14.1. The number of anilines is 1. The number of hydrogen-bond donors (Lipinski definition) is 1. The summed E-state index contributed by atoms with van der Waals surface area (Å²) in [7, 11) is 0. The second kappa shape index (κ2) is 5.18. The molecule has 6 heteroatoms. The molecule has 0 aliphatic carbocycles. The minimum atomic E-state index is -0.316. The van der Waals surface area contributed by atoms with E-state index in [4.69, 9.17) is 4.42 Å². The van der Waals surface area contributed by atoms with E-state index in [1.807, 2.05) is 13.0 Å². The lowest BCUT2D eigenvalue weighted by Crippen LogP contribution is -2.12. The van der Waals surface area contributed by atoms with Crippen molar-refractivity contribution in [2.45, 2.75) is 6.92 Å². The van der Waals surface area contributed by atoms with Gasteiger partial charge in [0.1, 0.15) is 5.82 Å². The number of amides is 1. The van der Waals surface area contributed by atoms with E-state index in [0.717, 1.165) is 9.26 Å². The lowest BCUT2D eigenvalue weighted by Gasteiger charge is -2.04. The quantitative estimate of drug-likeness (QED) is 0.775. The standard InChI is InChI=1S/C11H8BrIN2O2/c1-6-7(13)2-5-10(14-6)15-11(16)8-3-4-9(12)17-8/h2-5H,1H3,(H,14,15,16). The van der Waals surface area contributed by atoms with Crippen molar-refractivity contribution in [2.75, 3.05) is 5.32 Å². The number of nitrogens with one attached hydrogen (secondary N) is 1. The van der Waals surface area contributed by atoms with Crippen LogP contribution in [-0.4, -0.2) is 10.9 Å². The van der Waals surface area contributed by atoms with E-state index in [0.29, 0.717) is 10.5 Å². The molecule has 0 saturated carbocycles. The Hall–Kier alpha value is -0.890. The van der Waals surface area contributed by atoms with Crippen LogP contribution in [0.5, 0.6) is 0 Å². The van der Waals surface area contributed by atoms with Gasteiger partial charge in [-0.2, -0.15) is 0 Å². The Balaban J connectivity index is 2.15. The van der Waals surface area contributed by atoms with Gasteiger partial charge in [-0.25, -0.2) is 4.98 Å². The van der Waals surface area contributed by atoms with Crippen LogP contribution in [-0.2, 0) is 0 Å². The van der Waals surface area contributed by atoms with Gasteiger partial charge in [0, 0.05) is 3.57 Å². The van der Waals surface area contributed by atoms with Crippen molar-refractivity contribution in [1.82, 2.24) is 4.98 Å². The smallest absolute Gasteiger partial charge is 0.292 e. The van der Waals surface area contributed by atoms with Crippen LogP contribution in [0.2, 0.25) is 0 Å². The molecule has 1 N–H and O–H groups in total. The Morgan fingerprint density at radius 3 is 2.76 bits per heavy atom. The van der Waals surface area contributed by atoms with E-state index in [-0.39, 0.29) is 11.7 Å². The molecule has 2 heterocycles. The van der Waals surface area contributed by atoms with E-state index >= 15 is 0 Å². The van der Waals surface area contributed by atoms with Crippen molar-refractivity contribution in [1.29, 1.82) is 0 Å². The van der Waals surface area contributed by atoms with Crippen LogP contribution in [0.4, 0.5) is 5.82 Å². The van der Waals surface area contributed by atoms with Gasteiger partial charge in [-0.1, -0.05) is 0 Å². The SMILES string of the molecule is Cc1nc(NC(=O)c2ccc(Br)o2)ccc1I. The topological polar surface area (TPSA) is 55.1 Å². The monoisotopic (exact) mass is 406 g/mol. The molecular weight excluding hydrogens is 399 g/mol. The Kier molecular flexibility index (Phi) is 3.82. The number of nitrogens with zero attached hydrogens (tertiary/aromatic N) is 1. The number of aryl methyl sites for hydroxylation is 1. The van der Waals surface area contributed by atoms with Crippen LogP contribution in [0, 0.1) is 10.5 Å². The molecule has 2 aromatic heterocycles. The zero-order valence-corrected chi connectivity index (χ0v) is 12.6. The Morgan fingerprint density at radius 1 is 1.41 bits per heavy atom. The minimum Gasteiger partial charge on any atom is -0.444 e. The fourth-order valence-electron chi connectivity index (χ4n) is 1.23. The van der Waals surface area contributed by atoms with Gasteiger partial charge in [-0.05, 0) is 69.7 Å². The highest BCUT2D eigenvalue weighted by Gasteiger charge is 2.11. The average molecular weight is 407 g/mol. The summed E-state index contributed by atoms with van der Waals surface area (Å²) in [5.74, 6) is 0.444. The molecule has 0 aromatic carbocycles. The van der Waals surface area contributed by atoms with Crippen LogP contribution in [0.25, 0.3) is 0 Å². The number of halogens is 2. The molecule has 2 rings (SSSR count). The number of furan rings is 1. The molecule has 0 fully saturated rings. The third kappa shape index (κ3) is 3.06. The first kappa shape index (κ1) is 12.6. The molecule has 1 amide bonds. The molecule has 0 saturated heterocycles. The van der Waals surface area contributed by atoms with Crippen LogP contribution in [0.15, 0.2) is 33.4 Å². The molecule has 0 aliphatic heterocycles. The van der Waals surface area contributed by atoms with Gasteiger partial charge < -0.3 is 9.73 Å². The van der Waals surface area contributed by atoms with Crippen molar-refractivity contribution >= 4 is 50.2 Å². The van der Waals surface area contributed by atoms with Crippen molar-refractivity contribution < 1.29 is 9.21 Å². The van der Waals surface area contributed by atoms with Crippen molar-refractivity contribution in [3.05, 3.63) is 44.0 Å². The third-order valence-electron chi connectivity index (χ3n) is 2.06. The predicted octanol–water partition coefficient (Wildman–Crippen LogP) is 3.60. The lowest BCUT2D eigenvalue weighted by molar-refractivity contribution is 0.0995. The highest BCUT2D eigenvalue weighted by Crippen LogP contribution is 2.16. The molecule has 0 unspecified atom stereocenters. The maximum absolute atomic E-state index is 11.8. The molecule has 88 valence electrons. The number of rotatable bonds is 2. The summed E-state index contributed by atoms with van der Waals surface area (Å²) in [6, 6.07) is 6.92. The maximum Gasteiger partial charge on any atom is 0.292 e. The van der Waals surface area contributed by atoms with Gasteiger partial charge >= 0.3 is 0 Å². The van der Waals surface area contributed by atoms with Crippen molar-refractivity contribution in [3.63, 3.8) is 0 Å². The molecule has 0 atom stereocenters. The Labute approximate surface area is 120 Å². The van der Waals surface area contributed by atoms with Crippen molar-refractivity contribution in [3.8, 4) is 0 Å². The van der Waals surface area contributed by atoms with Gasteiger partial charge in [-0.3, -0.25) is 4.79 Å². The zero-order valence-electron chi connectivity index (χ0n) is 8.83. The number of carbonyl (C=O) groups is 1. The maximum atomic E-state index is 11.8. The van der Waals surface area contributed by atoms with Crippen molar-refractivity contribution in [2.24, 2.45) is 0 Å². The first-order valence-electron chi connectivity index (χ1n) is 4.76. The molecule has 0 aliphatic rings. The molecule has 2 aromatic rings. The van der Waals surface area contributed by atoms with Gasteiger partial charge in [0.2, 0.25) is 0 Å². The van der Waals surface area contributed by atoms with E-state index in [2.05, 4.69) is 48.8 Å². The minimum absolute atomic E-state index is 0.245. The molecular formula is C11H8BrIN2O2. The largest absolute Gasteiger partial charge is 0.444 e. The summed E-state index contributed by atoms with van der Waals surface area (Å²) in [4.78, 5) is 16.0. The number of aromatic nitrogens is 1. The van der Waals surface area contributed by atoms with Gasteiger partial charge in [0.05, 0.1) is 5.69 Å². The van der Waals surface area contributed by atoms with Crippen LogP contribution in [0.1, 0.15) is 16.2 Å². The molecule has 0 spiro atoms. The number of carbonyl (C=O) groups excluding carboxylic acids is 1. The summed E-state index contributed by atoms with van der Waals surface area (Å²) in [5.41, 5.74) is 0.879. The summed E-state index contributed by atoms with van der Waals surface area (Å²) >= 11 is 5.33. The first-order valence-corrected chi connectivity index (χ1v) is 6.63. The number of hydrogen-bond acceptors (Lipinski definition) is 3. The zero-order chi connectivity index (χ0) is 12.4. The average Bonchev–Trinajstić information content (AvgIpc) is 2.70. The predicted molar refractivity (Wildman–Crippen MR) is 76.1 cm³/mol. The molecule has 4 nitrogen and oxygen atoms in total. The number of pyridine rings is 1. The van der Waals surface area contributed by atoms with Crippen LogP contribution in [0.3, 0.4) is 0 Å². The van der Waals surface area contributed by atoms with E-state index in [1.54, 1.807) is 18.2 Å². The summed E-state index contributed by atoms with van der Waals surface area (Å²) in [5, 5.41) is 2.67. The van der Waals surface area contributed by atoms with E-state index in [1.165, 1.54) is 0 Å². The van der Waals surface area contributed by atoms with Crippen LogP contribution >= 0.6 is 38.5 Å². The van der Waals surface area contributed by atoms with Gasteiger partial charge in [0.15, 0.2) is 10.4 Å². The summed E-state index contributed by atoms with van der Waals surface area (Å²) in [6.07, 6.45) is 0. The fraction of sp³-hybridized carbons (Fsp3) is 0.0909.